The fourth-order valence-corrected chi connectivity index (χ4v) is 2.15. The van der Waals surface area contributed by atoms with Crippen molar-refractivity contribution >= 4 is 5.91 Å². The first kappa shape index (κ1) is 16.1. The Kier molecular flexibility index (Phi) is 3.99. The summed E-state index contributed by atoms with van der Waals surface area (Å²) >= 11 is 0. The highest BCUT2D eigenvalue weighted by atomic mass is 19.4. The number of nitrogens with zero attached hydrogens (tertiary/aromatic N) is 4. The third kappa shape index (κ3) is 2.97. The molecular weight excluding hydrogens is 299 g/mol. The normalized spacial score (nSPS) is 11.8. The van der Waals surface area contributed by atoms with Gasteiger partial charge in [0.15, 0.2) is 5.69 Å². The lowest BCUT2D eigenvalue weighted by Crippen LogP contribution is -2.25. The number of carbonyl (C=O) groups is 1. The van der Waals surface area contributed by atoms with Crippen molar-refractivity contribution in [2.75, 3.05) is 0 Å². The molecule has 2 aromatic rings. The first-order valence-electron chi connectivity index (χ1n) is 6.49. The maximum atomic E-state index is 12.6. The van der Waals surface area contributed by atoms with E-state index in [0.717, 1.165) is 27.7 Å². The number of nitrogens with one attached hydrogen (secondary N) is 1. The predicted molar refractivity (Wildman–Crippen MR) is 72.1 cm³/mol. The van der Waals surface area contributed by atoms with Crippen molar-refractivity contribution in [1.29, 1.82) is 0 Å². The van der Waals surface area contributed by atoms with Crippen LogP contribution in [-0.4, -0.2) is 25.5 Å². The number of hydrogen-bond acceptors (Lipinski definition) is 3. The fraction of sp³-hybridized carbons (Fsp3) is 0.462. The topological polar surface area (TPSA) is 64.7 Å². The summed E-state index contributed by atoms with van der Waals surface area (Å²) in [7, 11) is 3.08. The van der Waals surface area contributed by atoms with Crippen LogP contribution in [0.5, 0.6) is 0 Å². The van der Waals surface area contributed by atoms with E-state index in [0.29, 0.717) is 0 Å². The summed E-state index contributed by atoms with van der Waals surface area (Å²) in [4.78, 5) is 12.0. The molecule has 2 heterocycles. The lowest BCUT2D eigenvalue weighted by atomic mass is 10.2. The molecule has 0 atom stereocenters. The van der Waals surface area contributed by atoms with Gasteiger partial charge in [-0.15, -0.1) is 0 Å². The van der Waals surface area contributed by atoms with E-state index in [2.05, 4.69) is 15.5 Å². The zero-order valence-electron chi connectivity index (χ0n) is 12.6. The van der Waals surface area contributed by atoms with Gasteiger partial charge in [-0.2, -0.15) is 23.4 Å². The third-order valence-electron chi connectivity index (χ3n) is 3.49. The smallest absolute Gasteiger partial charge is 0.346 e. The number of aromatic nitrogens is 4. The average molecular weight is 315 g/mol. The van der Waals surface area contributed by atoms with Gasteiger partial charge in [-0.25, -0.2) is 0 Å². The van der Waals surface area contributed by atoms with Gasteiger partial charge in [0, 0.05) is 38.0 Å². The van der Waals surface area contributed by atoms with E-state index in [1.807, 2.05) is 6.92 Å². The zero-order valence-corrected chi connectivity index (χ0v) is 12.6. The van der Waals surface area contributed by atoms with Crippen LogP contribution in [-0.2, 0) is 26.8 Å². The van der Waals surface area contributed by atoms with Gasteiger partial charge in [0.1, 0.15) is 5.69 Å². The average Bonchev–Trinajstić information content (AvgIpc) is 2.89. The van der Waals surface area contributed by atoms with Crippen LogP contribution in [0.4, 0.5) is 13.2 Å². The van der Waals surface area contributed by atoms with Crippen LogP contribution in [0.3, 0.4) is 0 Å². The van der Waals surface area contributed by atoms with Gasteiger partial charge in [0.05, 0.1) is 5.69 Å². The van der Waals surface area contributed by atoms with Gasteiger partial charge in [-0.05, 0) is 13.8 Å². The Hall–Kier alpha value is -2.32. The molecule has 1 N–H and O–H groups in total. The van der Waals surface area contributed by atoms with E-state index in [1.165, 1.54) is 7.05 Å². The summed E-state index contributed by atoms with van der Waals surface area (Å²) < 4.78 is 40.4. The molecule has 2 aromatic heterocycles. The molecule has 0 unspecified atom stereocenters. The van der Waals surface area contributed by atoms with Crippen LogP contribution in [0.1, 0.15) is 33.1 Å². The van der Waals surface area contributed by atoms with E-state index in [9.17, 15) is 18.0 Å². The highest BCUT2D eigenvalue weighted by Gasteiger charge is 2.35. The maximum Gasteiger partial charge on any atom is 0.435 e. The molecule has 1 amide bonds. The molecule has 6 nitrogen and oxygen atoms in total. The van der Waals surface area contributed by atoms with Gasteiger partial charge in [0.2, 0.25) is 0 Å². The Morgan fingerprint density at radius 3 is 2.32 bits per heavy atom. The molecule has 0 aliphatic carbocycles. The first-order valence-corrected chi connectivity index (χ1v) is 6.49. The molecule has 0 aliphatic rings. The minimum absolute atomic E-state index is 0.147. The fourth-order valence-electron chi connectivity index (χ4n) is 2.15. The molecule has 2 rings (SSSR count). The molecule has 0 radical (unpaired) electrons. The second kappa shape index (κ2) is 5.47. The highest BCUT2D eigenvalue weighted by molar-refractivity contribution is 5.92. The Balaban J connectivity index is 2.15. The van der Waals surface area contributed by atoms with Crippen LogP contribution in [0, 0.1) is 13.8 Å². The third-order valence-corrected chi connectivity index (χ3v) is 3.49. The molecule has 22 heavy (non-hydrogen) atoms. The summed E-state index contributed by atoms with van der Waals surface area (Å²) in [6.45, 7) is 3.85. The van der Waals surface area contributed by atoms with Crippen LogP contribution in [0.2, 0.25) is 0 Å². The molecule has 120 valence electrons. The Labute approximate surface area is 124 Å². The van der Waals surface area contributed by atoms with Crippen molar-refractivity contribution in [3.63, 3.8) is 0 Å². The summed E-state index contributed by atoms with van der Waals surface area (Å²) in [5, 5.41) is 10.1. The highest BCUT2D eigenvalue weighted by Crippen LogP contribution is 2.28. The maximum absolute atomic E-state index is 12.6. The monoisotopic (exact) mass is 315 g/mol. The summed E-state index contributed by atoms with van der Waals surface area (Å²) in [5.41, 5.74) is 1.26. The van der Waals surface area contributed by atoms with Gasteiger partial charge < -0.3 is 5.32 Å². The molecule has 0 saturated heterocycles. The number of aryl methyl sites for hydroxylation is 3. The number of halogens is 3. The van der Waals surface area contributed by atoms with E-state index in [-0.39, 0.29) is 12.2 Å². The zero-order chi connectivity index (χ0) is 16.7. The van der Waals surface area contributed by atoms with Gasteiger partial charge in [0.25, 0.3) is 5.91 Å². The van der Waals surface area contributed by atoms with Gasteiger partial charge in [-0.1, -0.05) is 0 Å². The van der Waals surface area contributed by atoms with Crippen LogP contribution in [0.25, 0.3) is 0 Å². The van der Waals surface area contributed by atoms with Crippen molar-refractivity contribution in [2.24, 2.45) is 14.1 Å². The second-order valence-electron chi connectivity index (χ2n) is 4.99. The lowest BCUT2D eigenvalue weighted by molar-refractivity contribution is -0.141. The molecular formula is C13H16F3N5O. The van der Waals surface area contributed by atoms with Crippen molar-refractivity contribution in [1.82, 2.24) is 24.9 Å². The largest absolute Gasteiger partial charge is 0.435 e. The number of amides is 1. The Bertz CT molecular complexity index is 714. The van der Waals surface area contributed by atoms with Gasteiger partial charge >= 0.3 is 6.18 Å². The van der Waals surface area contributed by atoms with Crippen molar-refractivity contribution in [3.8, 4) is 0 Å². The lowest BCUT2D eigenvalue weighted by Gasteiger charge is -2.06. The summed E-state index contributed by atoms with van der Waals surface area (Å²) in [6, 6.07) is 0.734. The second-order valence-corrected chi connectivity index (χ2v) is 4.99. The molecule has 0 aromatic carbocycles. The van der Waals surface area contributed by atoms with Crippen LogP contribution in [0.15, 0.2) is 6.07 Å². The first-order chi connectivity index (χ1) is 10.1. The Morgan fingerprint density at radius 2 is 1.86 bits per heavy atom. The molecule has 0 spiro atoms. The van der Waals surface area contributed by atoms with Gasteiger partial charge in [-0.3, -0.25) is 14.2 Å². The minimum Gasteiger partial charge on any atom is -0.346 e. The van der Waals surface area contributed by atoms with Crippen molar-refractivity contribution < 1.29 is 18.0 Å². The number of rotatable bonds is 3. The molecule has 0 fully saturated rings. The van der Waals surface area contributed by atoms with Crippen molar-refractivity contribution in [2.45, 2.75) is 26.6 Å². The molecule has 0 aliphatic heterocycles. The SMILES string of the molecule is Cc1nn(C)c(C)c1CNC(=O)c1cc(C(F)(F)F)nn1C. The van der Waals surface area contributed by atoms with E-state index in [1.54, 1.807) is 18.7 Å². The van der Waals surface area contributed by atoms with Crippen molar-refractivity contribution in [3.05, 3.63) is 34.4 Å². The van der Waals surface area contributed by atoms with Crippen LogP contribution >= 0.6 is 0 Å². The number of carbonyl (C=O) groups excluding carboxylic acids is 1. The van der Waals surface area contributed by atoms with E-state index >= 15 is 0 Å². The number of hydrogen-bond donors (Lipinski definition) is 1. The minimum atomic E-state index is -4.58. The van der Waals surface area contributed by atoms with E-state index in [4.69, 9.17) is 0 Å². The number of alkyl halides is 3. The standard InChI is InChI=1S/C13H16F3N5O/c1-7-9(8(2)20(3)18-7)6-17-12(22)10-5-11(13(14,15)16)19-21(10)4/h5H,6H2,1-4H3,(H,17,22). The van der Waals surface area contributed by atoms with E-state index < -0.39 is 17.8 Å². The quantitative estimate of drug-likeness (QED) is 0.938. The molecule has 0 saturated carbocycles. The summed E-state index contributed by atoms with van der Waals surface area (Å²) in [6.07, 6.45) is -4.58. The van der Waals surface area contributed by atoms with Crippen LogP contribution < -0.4 is 5.32 Å². The summed E-state index contributed by atoms with van der Waals surface area (Å²) in [5.74, 6) is -0.617. The molecule has 9 heteroatoms. The predicted octanol–water partition coefficient (Wildman–Crippen LogP) is 1.72. The Morgan fingerprint density at radius 1 is 1.23 bits per heavy atom. The molecule has 0 bridgehead atoms.